The largest absolute Gasteiger partial charge is 0.360 e. The molecule has 0 saturated carbocycles. The van der Waals surface area contributed by atoms with E-state index in [2.05, 4.69) is 4.98 Å². The fraction of sp³-hybridized carbons (Fsp3) is 0.286. The van der Waals surface area contributed by atoms with Crippen molar-refractivity contribution in [1.29, 1.82) is 0 Å². The van der Waals surface area contributed by atoms with E-state index in [1.165, 1.54) is 16.4 Å². The van der Waals surface area contributed by atoms with E-state index >= 15 is 0 Å². The lowest BCUT2D eigenvalue weighted by Gasteiger charge is -2.36. The predicted molar refractivity (Wildman–Crippen MR) is 109 cm³/mol. The van der Waals surface area contributed by atoms with Gasteiger partial charge in [-0.05, 0) is 37.3 Å². The van der Waals surface area contributed by atoms with Crippen molar-refractivity contribution in [3.8, 4) is 0 Å². The highest BCUT2D eigenvalue weighted by atomic mass is 32.2. The maximum atomic E-state index is 13.1. The smallest absolute Gasteiger partial charge is 0.243 e. The zero-order valence-electron chi connectivity index (χ0n) is 16.0. The molecule has 0 unspecified atom stereocenters. The van der Waals surface area contributed by atoms with Gasteiger partial charge in [0.1, 0.15) is 5.82 Å². The molecule has 1 aliphatic heterocycles. The third-order valence-electron chi connectivity index (χ3n) is 5.51. The Hall–Kier alpha value is -2.55. The molecule has 0 radical (unpaired) electrons. The number of hydrogen-bond donors (Lipinski definition) is 1. The molecule has 29 heavy (non-hydrogen) atoms. The Kier molecular flexibility index (Phi) is 5.24. The number of ketones is 1. The summed E-state index contributed by atoms with van der Waals surface area (Å²) in [6.45, 7) is 3.33. The van der Waals surface area contributed by atoms with Crippen molar-refractivity contribution in [2.75, 3.05) is 26.2 Å². The topological polar surface area (TPSA) is 73.5 Å². The fourth-order valence-corrected chi connectivity index (χ4v) is 5.18. The first-order valence-corrected chi connectivity index (χ1v) is 10.9. The summed E-state index contributed by atoms with van der Waals surface area (Å²) in [7, 11) is -3.67. The normalized spacial score (nSPS) is 17.4. The third-order valence-corrected chi connectivity index (χ3v) is 7.42. The molecule has 1 aromatic heterocycles. The predicted octanol–water partition coefficient (Wildman–Crippen LogP) is 2.88. The number of sulfonamides is 1. The first kappa shape index (κ1) is 19.8. The Labute approximate surface area is 169 Å². The van der Waals surface area contributed by atoms with Gasteiger partial charge in [0.2, 0.25) is 10.0 Å². The van der Waals surface area contributed by atoms with Crippen LogP contribution in [0.2, 0.25) is 0 Å². The Morgan fingerprint density at radius 1 is 1.03 bits per heavy atom. The maximum Gasteiger partial charge on any atom is 0.243 e. The number of aromatic nitrogens is 1. The number of fused-ring (bicyclic) bond motifs is 1. The molecule has 0 bridgehead atoms. The number of nitrogens with one attached hydrogen (secondary N) is 1. The van der Waals surface area contributed by atoms with E-state index in [1.807, 2.05) is 36.1 Å². The number of halogens is 1. The molecular formula is C21H22FN3O3S. The molecule has 3 aromatic rings. The highest BCUT2D eigenvalue weighted by molar-refractivity contribution is 7.89. The molecule has 0 amide bonds. The van der Waals surface area contributed by atoms with Crippen molar-refractivity contribution in [2.24, 2.45) is 0 Å². The van der Waals surface area contributed by atoms with Gasteiger partial charge < -0.3 is 4.98 Å². The van der Waals surface area contributed by atoms with Crippen LogP contribution in [0.15, 0.2) is 59.6 Å². The summed E-state index contributed by atoms with van der Waals surface area (Å²) in [6.07, 6.45) is 1.73. The van der Waals surface area contributed by atoms with Crippen LogP contribution in [0, 0.1) is 5.82 Å². The van der Waals surface area contributed by atoms with Gasteiger partial charge in [-0.3, -0.25) is 9.69 Å². The summed E-state index contributed by atoms with van der Waals surface area (Å²) in [5.74, 6) is -0.462. The molecule has 1 atom stereocenters. The minimum Gasteiger partial charge on any atom is -0.360 e. The average Bonchev–Trinajstić information content (AvgIpc) is 3.17. The molecule has 8 heteroatoms. The van der Waals surface area contributed by atoms with Crippen molar-refractivity contribution in [3.63, 3.8) is 0 Å². The van der Waals surface area contributed by atoms with Gasteiger partial charge in [-0.25, -0.2) is 12.8 Å². The number of Topliss-reactive ketones (excluding diaryl/α,β-unsaturated/α-hetero) is 1. The number of aromatic amines is 1. The summed E-state index contributed by atoms with van der Waals surface area (Å²) in [5.41, 5.74) is 1.56. The van der Waals surface area contributed by atoms with Gasteiger partial charge >= 0.3 is 0 Å². The summed E-state index contributed by atoms with van der Waals surface area (Å²) in [4.78, 5) is 18.2. The lowest BCUT2D eigenvalue weighted by Crippen LogP contribution is -2.53. The zero-order chi connectivity index (χ0) is 20.6. The molecule has 4 rings (SSSR count). The van der Waals surface area contributed by atoms with Crippen LogP contribution in [-0.2, 0) is 10.0 Å². The van der Waals surface area contributed by atoms with Gasteiger partial charge in [0.15, 0.2) is 5.78 Å². The van der Waals surface area contributed by atoms with Crippen LogP contribution in [0.1, 0.15) is 17.3 Å². The average molecular weight is 415 g/mol. The Morgan fingerprint density at radius 3 is 2.38 bits per heavy atom. The second-order valence-corrected chi connectivity index (χ2v) is 9.12. The summed E-state index contributed by atoms with van der Waals surface area (Å²) in [5, 5.41) is 0.891. The number of carbonyl (C=O) groups excluding carboxylic acids is 1. The number of H-pyrrole nitrogens is 1. The van der Waals surface area contributed by atoms with Crippen LogP contribution < -0.4 is 0 Å². The summed E-state index contributed by atoms with van der Waals surface area (Å²) < 4.78 is 40.0. The van der Waals surface area contributed by atoms with E-state index < -0.39 is 15.8 Å². The molecule has 1 fully saturated rings. The Bertz CT molecular complexity index is 1130. The SMILES string of the molecule is C[C@@H](C(=O)c1c[nH]c2ccccc12)N1CCN(S(=O)(=O)c2ccc(F)cc2)CC1. The standard InChI is InChI=1S/C21H22FN3O3S/c1-15(21(26)19-14-23-20-5-3-2-4-18(19)20)24-10-12-25(13-11-24)29(27,28)17-8-6-16(22)7-9-17/h2-9,14-15,23H,10-13H2,1H3/t15-/m0/s1. The van der Waals surface area contributed by atoms with Gasteiger partial charge in [0, 0.05) is 48.8 Å². The second-order valence-electron chi connectivity index (χ2n) is 7.18. The van der Waals surface area contributed by atoms with Crippen molar-refractivity contribution < 1.29 is 17.6 Å². The minimum absolute atomic E-state index is 0.0114. The first-order valence-electron chi connectivity index (χ1n) is 9.48. The summed E-state index contributed by atoms with van der Waals surface area (Å²) in [6, 6.07) is 12.1. The first-order chi connectivity index (χ1) is 13.9. The number of rotatable bonds is 5. The van der Waals surface area contributed by atoms with E-state index in [1.54, 1.807) is 6.20 Å². The number of hydrogen-bond acceptors (Lipinski definition) is 4. The van der Waals surface area contributed by atoms with Crippen LogP contribution in [0.25, 0.3) is 10.9 Å². The van der Waals surface area contributed by atoms with Gasteiger partial charge in [0.25, 0.3) is 0 Å². The van der Waals surface area contributed by atoms with Gasteiger partial charge in [0.05, 0.1) is 10.9 Å². The van der Waals surface area contributed by atoms with Gasteiger partial charge in [-0.1, -0.05) is 18.2 Å². The molecule has 152 valence electrons. The highest BCUT2D eigenvalue weighted by Gasteiger charge is 2.32. The monoisotopic (exact) mass is 415 g/mol. The highest BCUT2D eigenvalue weighted by Crippen LogP contribution is 2.23. The molecule has 2 heterocycles. The molecule has 1 saturated heterocycles. The van der Waals surface area contributed by atoms with Crippen molar-refractivity contribution in [2.45, 2.75) is 17.9 Å². The van der Waals surface area contributed by atoms with E-state index in [0.29, 0.717) is 18.7 Å². The van der Waals surface area contributed by atoms with Crippen LogP contribution >= 0.6 is 0 Å². The van der Waals surface area contributed by atoms with E-state index in [-0.39, 0.29) is 29.8 Å². The number of carbonyl (C=O) groups is 1. The van der Waals surface area contributed by atoms with Gasteiger partial charge in [-0.2, -0.15) is 4.31 Å². The Balaban J connectivity index is 1.45. The van der Waals surface area contributed by atoms with Crippen molar-refractivity contribution >= 4 is 26.7 Å². The molecular weight excluding hydrogens is 393 g/mol. The molecule has 0 spiro atoms. The van der Waals surface area contributed by atoms with E-state index in [0.717, 1.165) is 23.0 Å². The van der Waals surface area contributed by atoms with Crippen molar-refractivity contribution in [1.82, 2.24) is 14.2 Å². The van der Waals surface area contributed by atoms with Crippen molar-refractivity contribution in [3.05, 3.63) is 66.1 Å². The fourth-order valence-electron chi connectivity index (χ4n) is 3.75. The summed E-state index contributed by atoms with van der Waals surface area (Å²) >= 11 is 0. The molecule has 2 aromatic carbocycles. The van der Waals surface area contributed by atoms with Crippen LogP contribution in [-0.4, -0.2) is 60.6 Å². The molecule has 1 aliphatic rings. The third kappa shape index (κ3) is 3.71. The lowest BCUT2D eigenvalue weighted by molar-refractivity contribution is 0.0784. The lowest BCUT2D eigenvalue weighted by atomic mass is 10.0. The van der Waals surface area contributed by atoms with Gasteiger partial charge in [-0.15, -0.1) is 0 Å². The number of benzene rings is 2. The molecule has 6 nitrogen and oxygen atoms in total. The second kappa shape index (κ2) is 7.70. The minimum atomic E-state index is -3.67. The zero-order valence-corrected chi connectivity index (χ0v) is 16.8. The maximum absolute atomic E-state index is 13.1. The van der Waals surface area contributed by atoms with E-state index in [4.69, 9.17) is 0 Å². The van der Waals surface area contributed by atoms with Crippen LogP contribution in [0.5, 0.6) is 0 Å². The molecule has 0 aliphatic carbocycles. The number of nitrogens with zero attached hydrogens (tertiary/aromatic N) is 2. The quantitative estimate of drug-likeness (QED) is 0.651. The Morgan fingerprint density at radius 2 is 1.69 bits per heavy atom. The van der Waals surface area contributed by atoms with Crippen LogP contribution in [0.4, 0.5) is 4.39 Å². The van der Waals surface area contributed by atoms with Crippen LogP contribution in [0.3, 0.4) is 0 Å². The number of piperazine rings is 1. The van der Waals surface area contributed by atoms with E-state index in [9.17, 15) is 17.6 Å². The number of para-hydroxylation sites is 1. The molecule has 1 N–H and O–H groups in total.